The van der Waals surface area contributed by atoms with Crippen LogP contribution in [-0.4, -0.2) is 16.9 Å². The number of rotatable bonds is 4. The number of benzene rings is 1. The molecule has 0 saturated carbocycles. The van der Waals surface area contributed by atoms with E-state index >= 15 is 0 Å². The highest BCUT2D eigenvalue weighted by atomic mass is 35.5. The number of pyridine rings is 1. The van der Waals surface area contributed by atoms with Crippen LogP contribution in [0, 0.1) is 6.92 Å². The van der Waals surface area contributed by atoms with Crippen molar-refractivity contribution < 1.29 is 4.79 Å². The van der Waals surface area contributed by atoms with E-state index in [0.29, 0.717) is 6.42 Å². The molecule has 0 fully saturated rings. The van der Waals surface area contributed by atoms with Gasteiger partial charge >= 0.3 is 0 Å². The third kappa shape index (κ3) is 4.85. The zero-order valence-corrected chi connectivity index (χ0v) is 13.0. The number of nitrogens with one attached hydrogen (secondary N) is 1. The molecule has 1 unspecified atom stereocenters. The molecule has 5 heteroatoms. The summed E-state index contributed by atoms with van der Waals surface area (Å²) in [5, 5.41) is 2.93. The molecule has 1 aromatic carbocycles. The minimum absolute atomic E-state index is 0. The maximum atomic E-state index is 11.9. The smallest absolute Gasteiger partial charge is 0.225 e. The van der Waals surface area contributed by atoms with E-state index in [0.717, 1.165) is 22.4 Å². The lowest BCUT2D eigenvalue weighted by atomic mass is 10.0. The van der Waals surface area contributed by atoms with Gasteiger partial charge < -0.3 is 11.1 Å². The maximum Gasteiger partial charge on any atom is 0.225 e. The average molecular weight is 306 g/mol. The molecule has 1 aromatic heterocycles. The predicted octanol–water partition coefficient (Wildman–Crippen LogP) is 3.15. The van der Waals surface area contributed by atoms with Crippen molar-refractivity contribution in [3.63, 3.8) is 0 Å². The lowest BCUT2D eigenvalue weighted by Crippen LogP contribution is -2.24. The third-order valence-corrected chi connectivity index (χ3v) is 2.93. The number of nitrogens with zero attached hydrogens (tertiary/aromatic N) is 1. The fourth-order valence-corrected chi connectivity index (χ4v) is 2.03. The highest BCUT2D eigenvalue weighted by Crippen LogP contribution is 2.28. The topological polar surface area (TPSA) is 68.0 Å². The molecule has 0 bridgehead atoms. The first-order chi connectivity index (χ1) is 9.56. The molecule has 4 nitrogen and oxygen atoms in total. The Morgan fingerprint density at radius 3 is 2.76 bits per heavy atom. The van der Waals surface area contributed by atoms with Gasteiger partial charge in [0, 0.05) is 41.7 Å². The van der Waals surface area contributed by atoms with Crippen molar-refractivity contribution in [3.05, 3.63) is 48.3 Å². The van der Waals surface area contributed by atoms with Crippen LogP contribution in [0.1, 0.15) is 18.9 Å². The number of carbonyl (C=O) groups is 1. The van der Waals surface area contributed by atoms with E-state index in [9.17, 15) is 4.79 Å². The van der Waals surface area contributed by atoms with Crippen LogP contribution < -0.4 is 11.1 Å². The molecule has 0 aliphatic carbocycles. The van der Waals surface area contributed by atoms with Gasteiger partial charge in [0.05, 0.1) is 0 Å². The number of hydrogen-bond acceptors (Lipinski definition) is 3. The van der Waals surface area contributed by atoms with Crippen LogP contribution >= 0.6 is 12.4 Å². The minimum atomic E-state index is -0.151. The van der Waals surface area contributed by atoms with Crippen LogP contribution in [-0.2, 0) is 4.79 Å². The lowest BCUT2D eigenvalue weighted by Gasteiger charge is -2.13. The molecule has 2 aromatic rings. The van der Waals surface area contributed by atoms with Crippen molar-refractivity contribution in [2.75, 3.05) is 5.32 Å². The highest BCUT2D eigenvalue weighted by Gasteiger charge is 2.10. The van der Waals surface area contributed by atoms with E-state index < -0.39 is 0 Å². The number of halogens is 1. The summed E-state index contributed by atoms with van der Waals surface area (Å²) >= 11 is 0. The van der Waals surface area contributed by atoms with Gasteiger partial charge in [0.15, 0.2) is 0 Å². The maximum absolute atomic E-state index is 11.9. The average Bonchev–Trinajstić information content (AvgIpc) is 2.39. The van der Waals surface area contributed by atoms with Gasteiger partial charge in [-0.2, -0.15) is 0 Å². The first kappa shape index (κ1) is 17.1. The Balaban J connectivity index is 0.00000220. The number of amides is 1. The molecule has 1 heterocycles. The zero-order valence-electron chi connectivity index (χ0n) is 12.2. The van der Waals surface area contributed by atoms with E-state index in [1.54, 1.807) is 12.4 Å². The second-order valence-corrected chi connectivity index (χ2v) is 5.02. The van der Waals surface area contributed by atoms with Crippen LogP contribution in [0.4, 0.5) is 5.69 Å². The monoisotopic (exact) mass is 305 g/mol. The molecule has 21 heavy (non-hydrogen) atoms. The van der Waals surface area contributed by atoms with Crippen LogP contribution in [0.25, 0.3) is 11.1 Å². The Labute approximate surface area is 131 Å². The van der Waals surface area contributed by atoms with Gasteiger partial charge in [-0.15, -0.1) is 12.4 Å². The third-order valence-electron chi connectivity index (χ3n) is 2.93. The van der Waals surface area contributed by atoms with E-state index in [-0.39, 0.29) is 24.4 Å². The van der Waals surface area contributed by atoms with Crippen LogP contribution in [0.3, 0.4) is 0 Å². The second-order valence-electron chi connectivity index (χ2n) is 5.02. The Kier molecular flexibility index (Phi) is 6.34. The number of hydrogen-bond donors (Lipinski definition) is 2. The van der Waals surface area contributed by atoms with Crippen molar-refractivity contribution in [3.8, 4) is 11.1 Å². The molecular formula is C16H20ClN3O. The molecule has 2 rings (SSSR count). The molecule has 0 saturated heterocycles. The van der Waals surface area contributed by atoms with Crippen molar-refractivity contribution in [2.45, 2.75) is 26.3 Å². The van der Waals surface area contributed by atoms with Gasteiger partial charge in [-0.25, -0.2) is 0 Å². The summed E-state index contributed by atoms with van der Waals surface area (Å²) in [6, 6.07) is 9.67. The molecule has 3 N–H and O–H groups in total. The van der Waals surface area contributed by atoms with E-state index in [1.807, 2.05) is 44.2 Å². The quantitative estimate of drug-likeness (QED) is 0.911. The SMILES string of the molecule is Cc1ccc(-c2cccnc2)c(NC(=O)CC(C)N)c1.Cl. The minimum Gasteiger partial charge on any atom is -0.327 e. The van der Waals surface area contributed by atoms with E-state index in [2.05, 4.69) is 10.3 Å². The van der Waals surface area contributed by atoms with Crippen LogP contribution in [0.15, 0.2) is 42.7 Å². The molecule has 1 amide bonds. The summed E-state index contributed by atoms with van der Waals surface area (Å²) in [5.74, 6) is -0.0734. The Hall–Kier alpha value is -1.91. The molecule has 0 radical (unpaired) electrons. The molecule has 0 spiro atoms. The summed E-state index contributed by atoms with van der Waals surface area (Å²) in [4.78, 5) is 16.0. The fraction of sp³-hybridized carbons (Fsp3) is 0.250. The highest BCUT2D eigenvalue weighted by molar-refractivity contribution is 5.95. The number of anilines is 1. The zero-order chi connectivity index (χ0) is 14.5. The predicted molar refractivity (Wildman–Crippen MR) is 88.6 cm³/mol. The lowest BCUT2D eigenvalue weighted by molar-refractivity contribution is -0.116. The van der Waals surface area contributed by atoms with Crippen LogP contribution in [0.2, 0.25) is 0 Å². The molecule has 0 aliphatic rings. The second kappa shape index (κ2) is 7.76. The summed E-state index contributed by atoms with van der Waals surface area (Å²) < 4.78 is 0. The Morgan fingerprint density at radius 2 is 2.14 bits per heavy atom. The number of aryl methyl sites for hydroxylation is 1. The van der Waals surface area contributed by atoms with Crippen LogP contribution in [0.5, 0.6) is 0 Å². The molecular weight excluding hydrogens is 286 g/mol. The summed E-state index contributed by atoms with van der Waals surface area (Å²) in [5.41, 5.74) is 9.48. The first-order valence-corrected chi connectivity index (χ1v) is 6.63. The van der Waals surface area contributed by atoms with Gasteiger partial charge in [-0.1, -0.05) is 18.2 Å². The molecule has 1 atom stereocenters. The van der Waals surface area contributed by atoms with Crippen molar-refractivity contribution in [1.82, 2.24) is 4.98 Å². The first-order valence-electron chi connectivity index (χ1n) is 6.63. The van der Waals surface area contributed by atoms with Gasteiger partial charge in [-0.3, -0.25) is 9.78 Å². The van der Waals surface area contributed by atoms with Gasteiger partial charge in [0.1, 0.15) is 0 Å². The number of carbonyl (C=O) groups excluding carboxylic acids is 1. The summed E-state index contributed by atoms with van der Waals surface area (Å²) in [7, 11) is 0. The van der Waals surface area contributed by atoms with E-state index in [4.69, 9.17) is 5.73 Å². The fourth-order valence-electron chi connectivity index (χ4n) is 2.03. The van der Waals surface area contributed by atoms with Crippen molar-refractivity contribution in [1.29, 1.82) is 0 Å². The van der Waals surface area contributed by atoms with Gasteiger partial charge in [-0.05, 0) is 31.5 Å². The number of nitrogens with two attached hydrogens (primary N) is 1. The summed E-state index contributed by atoms with van der Waals surface area (Å²) in [6.07, 6.45) is 3.82. The van der Waals surface area contributed by atoms with Crippen molar-refractivity contribution >= 4 is 24.0 Å². The molecule has 0 aliphatic heterocycles. The number of aromatic nitrogens is 1. The summed E-state index contributed by atoms with van der Waals surface area (Å²) in [6.45, 7) is 3.81. The Bertz CT molecular complexity index is 600. The molecule has 112 valence electrons. The normalized spacial score (nSPS) is 11.4. The Morgan fingerprint density at radius 1 is 1.38 bits per heavy atom. The van der Waals surface area contributed by atoms with Gasteiger partial charge in [0.2, 0.25) is 5.91 Å². The van der Waals surface area contributed by atoms with E-state index in [1.165, 1.54) is 0 Å². The van der Waals surface area contributed by atoms with Crippen molar-refractivity contribution in [2.24, 2.45) is 5.73 Å². The largest absolute Gasteiger partial charge is 0.327 e. The standard InChI is InChI=1S/C16H19N3O.ClH/c1-11-5-6-14(13-4-3-7-18-10-13)15(8-11)19-16(20)9-12(2)17;/h3-8,10,12H,9,17H2,1-2H3,(H,19,20);1H. The van der Waals surface area contributed by atoms with Gasteiger partial charge in [0.25, 0.3) is 0 Å².